The van der Waals surface area contributed by atoms with Gasteiger partial charge in [-0.1, -0.05) is 24.6 Å². The first-order valence-corrected chi connectivity index (χ1v) is 9.18. The van der Waals surface area contributed by atoms with E-state index in [2.05, 4.69) is 16.3 Å². The number of carbonyl (C=O) groups excluding carboxylic acids is 1. The van der Waals surface area contributed by atoms with Gasteiger partial charge in [0.25, 0.3) is 0 Å². The van der Waals surface area contributed by atoms with Gasteiger partial charge >= 0.3 is 0 Å². The molecule has 4 rings (SSSR count). The largest absolute Gasteiger partial charge is 0.338 e. The van der Waals surface area contributed by atoms with Crippen molar-refractivity contribution in [3.8, 4) is 6.07 Å². The highest BCUT2D eigenvalue weighted by molar-refractivity contribution is 6.04. The van der Waals surface area contributed by atoms with Crippen LogP contribution in [0.15, 0.2) is 30.3 Å². The quantitative estimate of drug-likeness (QED) is 0.677. The van der Waals surface area contributed by atoms with Crippen molar-refractivity contribution in [2.24, 2.45) is 0 Å². The Balaban J connectivity index is 1.78. The Hall–Kier alpha value is -2.94. The number of ketones is 1. The number of para-hydroxylation sites is 1. The Morgan fingerprint density at radius 1 is 1.27 bits per heavy atom. The number of fused-ring (bicyclic) bond motifs is 2. The number of nitrogens with zero attached hydrogens (tertiary/aromatic N) is 5. The topological polar surface area (TPSA) is 76.5 Å². The average Bonchev–Trinajstić information content (AvgIpc) is 3.15. The molecule has 132 valence electrons. The second kappa shape index (κ2) is 6.75. The molecule has 3 heterocycles. The third kappa shape index (κ3) is 2.60. The molecule has 0 aliphatic carbocycles. The maximum atomic E-state index is 13.3. The summed E-state index contributed by atoms with van der Waals surface area (Å²) < 4.78 is 3.96. The molecule has 0 amide bonds. The number of carbonyl (C=O) groups is 1. The minimum Gasteiger partial charge on any atom is -0.338 e. The van der Waals surface area contributed by atoms with Crippen molar-refractivity contribution in [2.45, 2.75) is 51.6 Å². The van der Waals surface area contributed by atoms with Crippen molar-refractivity contribution in [1.82, 2.24) is 19.3 Å². The average molecular weight is 347 g/mol. The number of aromatic nitrogens is 4. The zero-order valence-corrected chi connectivity index (χ0v) is 14.9. The van der Waals surface area contributed by atoms with Crippen molar-refractivity contribution in [1.29, 1.82) is 5.26 Å². The first-order chi connectivity index (χ1) is 12.7. The minimum absolute atomic E-state index is 0.204. The molecule has 1 atom stereocenters. The summed E-state index contributed by atoms with van der Waals surface area (Å²) >= 11 is 0. The van der Waals surface area contributed by atoms with Gasteiger partial charge < -0.3 is 9.13 Å². The summed E-state index contributed by atoms with van der Waals surface area (Å²) in [6.45, 7) is 3.46. The van der Waals surface area contributed by atoms with Gasteiger partial charge in [0.05, 0.1) is 11.8 Å². The van der Waals surface area contributed by atoms with Gasteiger partial charge in [-0.2, -0.15) is 5.26 Å². The summed E-state index contributed by atoms with van der Waals surface area (Å²) in [5, 5.41) is 19.3. The molecule has 1 aromatic carbocycles. The van der Waals surface area contributed by atoms with Gasteiger partial charge in [-0.05, 0) is 31.9 Å². The van der Waals surface area contributed by atoms with Crippen LogP contribution in [0.5, 0.6) is 0 Å². The third-order valence-corrected chi connectivity index (χ3v) is 5.17. The highest BCUT2D eigenvalue weighted by Gasteiger charge is 2.31. The summed E-state index contributed by atoms with van der Waals surface area (Å²) in [6, 6.07) is 12.0. The second-order valence-corrected chi connectivity index (χ2v) is 6.70. The molecule has 0 saturated carbocycles. The summed E-state index contributed by atoms with van der Waals surface area (Å²) in [7, 11) is 0. The lowest BCUT2D eigenvalue weighted by molar-refractivity contribution is 0.0966. The van der Waals surface area contributed by atoms with Crippen molar-refractivity contribution in [2.75, 3.05) is 0 Å². The van der Waals surface area contributed by atoms with Crippen LogP contribution < -0.4 is 0 Å². The zero-order valence-electron chi connectivity index (χ0n) is 14.9. The Bertz CT molecular complexity index is 1010. The SMILES string of the molecule is CCn1c(C(=O)C(C#N)c2nnc3n2CCCCC3)cc2ccccc21. The van der Waals surface area contributed by atoms with Gasteiger partial charge in [-0.25, -0.2) is 0 Å². The van der Waals surface area contributed by atoms with Crippen LogP contribution in [0.2, 0.25) is 0 Å². The Labute approximate surface area is 152 Å². The Morgan fingerprint density at radius 2 is 2.12 bits per heavy atom. The molecule has 0 fully saturated rings. The van der Waals surface area contributed by atoms with E-state index in [1.54, 1.807) is 0 Å². The summed E-state index contributed by atoms with van der Waals surface area (Å²) in [6.07, 6.45) is 4.10. The fourth-order valence-electron chi connectivity index (χ4n) is 3.86. The predicted octanol–water partition coefficient (Wildman–Crippen LogP) is 3.47. The molecule has 6 nitrogen and oxygen atoms in total. The molecular formula is C20H21N5O. The van der Waals surface area contributed by atoms with E-state index in [9.17, 15) is 10.1 Å². The molecule has 26 heavy (non-hydrogen) atoms. The van der Waals surface area contributed by atoms with E-state index in [1.165, 1.54) is 0 Å². The highest BCUT2D eigenvalue weighted by Crippen LogP contribution is 2.27. The van der Waals surface area contributed by atoms with Crippen molar-refractivity contribution in [3.63, 3.8) is 0 Å². The molecule has 3 aromatic rings. The molecule has 1 aliphatic rings. The van der Waals surface area contributed by atoms with Gasteiger partial charge in [0.15, 0.2) is 11.7 Å². The molecule has 2 aromatic heterocycles. The third-order valence-electron chi connectivity index (χ3n) is 5.17. The minimum atomic E-state index is -0.927. The fourth-order valence-corrected chi connectivity index (χ4v) is 3.86. The lowest BCUT2D eigenvalue weighted by Gasteiger charge is -2.12. The molecule has 0 saturated heterocycles. The number of hydrogen-bond donors (Lipinski definition) is 0. The smallest absolute Gasteiger partial charge is 0.204 e. The summed E-state index contributed by atoms with van der Waals surface area (Å²) in [5.74, 6) is 0.248. The zero-order chi connectivity index (χ0) is 18.1. The highest BCUT2D eigenvalue weighted by atomic mass is 16.1. The molecule has 6 heteroatoms. The first-order valence-electron chi connectivity index (χ1n) is 9.18. The standard InChI is InChI=1S/C20H21N5O/c1-2-24-16-9-6-5-8-14(16)12-17(24)19(26)15(13-21)20-23-22-18-10-4-3-7-11-25(18)20/h5-6,8-9,12,15H,2-4,7,10-11H2,1H3. The fraction of sp³-hybridized carbons (Fsp3) is 0.400. The van der Waals surface area contributed by atoms with Crippen LogP contribution in [0, 0.1) is 11.3 Å². The van der Waals surface area contributed by atoms with Crippen LogP contribution in [0.4, 0.5) is 0 Å². The van der Waals surface area contributed by atoms with Crippen LogP contribution in [0.3, 0.4) is 0 Å². The van der Waals surface area contributed by atoms with E-state index < -0.39 is 5.92 Å². The van der Waals surface area contributed by atoms with Gasteiger partial charge in [-0.15, -0.1) is 10.2 Å². The van der Waals surface area contributed by atoms with Crippen molar-refractivity contribution >= 4 is 16.7 Å². The maximum Gasteiger partial charge on any atom is 0.204 e. The molecule has 1 aliphatic heterocycles. The van der Waals surface area contributed by atoms with E-state index in [1.807, 2.05) is 46.4 Å². The van der Waals surface area contributed by atoms with Gasteiger partial charge in [0.2, 0.25) is 5.78 Å². The summed E-state index contributed by atoms with van der Waals surface area (Å²) in [4.78, 5) is 13.3. The normalized spacial score (nSPS) is 15.2. The lowest BCUT2D eigenvalue weighted by atomic mass is 10.0. The van der Waals surface area contributed by atoms with Crippen LogP contribution >= 0.6 is 0 Å². The van der Waals surface area contributed by atoms with Crippen LogP contribution in [0.25, 0.3) is 10.9 Å². The number of hydrogen-bond acceptors (Lipinski definition) is 4. The van der Waals surface area contributed by atoms with Crippen molar-refractivity contribution in [3.05, 3.63) is 47.7 Å². The predicted molar refractivity (Wildman–Crippen MR) is 97.9 cm³/mol. The maximum absolute atomic E-state index is 13.3. The first kappa shape index (κ1) is 16.5. The molecule has 0 radical (unpaired) electrons. The van der Waals surface area contributed by atoms with Gasteiger partial charge in [-0.3, -0.25) is 4.79 Å². The molecule has 0 bridgehead atoms. The number of rotatable bonds is 4. The summed E-state index contributed by atoms with van der Waals surface area (Å²) in [5.41, 5.74) is 1.57. The van der Waals surface area contributed by atoms with Crippen LogP contribution in [-0.2, 0) is 19.5 Å². The van der Waals surface area contributed by atoms with Crippen LogP contribution in [0.1, 0.15) is 54.2 Å². The van der Waals surface area contributed by atoms with E-state index in [4.69, 9.17) is 0 Å². The lowest BCUT2D eigenvalue weighted by Crippen LogP contribution is -2.20. The molecule has 0 N–H and O–H groups in total. The molecule has 0 spiro atoms. The van der Waals surface area contributed by atoms with E-state index >= 15 is 0 Å². The van der Waals surface area contributed by atoms with E-state index in [0.29, 0.717) is 18.1 Å². The van der Waals surface area contributed by atoms with Crippen molar-refractivity contribution < 1.29 is 4.79 Å². The number of benzene rings is 1. The van der Waals surface area contributed by atoms with Gasteiger partial charge in [0.1, 0.15) is 5.82 Å². The second-order valence-electron chi connectivity index (χ2n) is 6.70. The number of Topliss-reactive ketones (excluding diaryl/α,β-unsaturated/α-hetero) is 1. The van der Waals surface area contributed by atoms with E-state index in [0.717, 1.165) is 49.0 Å². The van der Waals surface area contributed by atoms with Gasteiger partial charge in [0, 0.05) is 30.4 Å². The molecular weight excluding hydrogens is 326 g/mol. The monoisotopic (exact) mass is 347 g/mol. The van der Waals surface area contributed by atoms with Crippen LogP contribution in [-0.4, -0.2) is 25.1 Å². The number of aryl methyl sites for hydroxylation is 2. The Kier molecular flexibility index (Phi) is 4.29. The number of nitriles is 1. The van der Waals surface area contributed by atoms with E-state index in [-0.39, 0.29) is 5.78 Å². The molecule has 1 unspecified atom stereocenters. The Morgan fingerprint density at radius 3 is 2.92 bits per heavy atom.